The van der Waals surface area contributed by atoms with Crippen LogP contribution in [0.5, 0.6) is 0 Å². The predicted octanol–water partition coefficient (Wildman–Crippen LogP) is 0.425. The van der Waals surface area contributed by atoms with Gasteiger partial charge in [-0.25, -0.2) is 13.1 Å². The van der Waals surface area contributed by atoms with Crippen molar-refractivity contribution in [2.75, 3.05) is 5.75 Å². The molecule has 6 heteroatoms. The van der Waals surface area contributed by atoms with E-state index in [1.54, 1.807) is 0 Å². The second-order valence-electron chi connectivity index (χ2n) is 3.68. The summed E-state index contributed by atoms with van der Waals surface area (Å²) >= 11 is 0. The van der Waals surface area contributed by atoms with Crippen LogP contribution < -0.4 is 4.72 Å². The Bertz CT molecular complexity index is 284. The van der Waals surface area contributed by atoms with E-state index in [0.29, 0.717) is 6.42 Å². The van der Waals surface area contributed by atoms with Crippen molar-refractivity contribution >= 4 is 16.0 Å². The first-order valence-corrected chi connectivity index (χ1v) is 6.12. The Morgan fingerprint density at radius 1 is 1.36 bits per heavy atom. The molecule has 0 aromatic carbocycles. The number of hydrogen-bond donors (Lipinski definition) is 2. The third-order valence-corrected chi connectivity index (χ3v) is 3.18. The molecule has 1 atom stereocenters. The largest absolute Gasteiger partial charge is 0.480 e. The highest BCUT2D eigenvalue weighted by atomic mass is 32.2. The third kappa shape index (κ3) is 5.93. The van der Waals surface area contributed by atoms with Crippen molar-refractivity contribution in [1.82, 2.24) is 4.72 Å². The van der Waals surface area contributed by atoms with E-state index in [0.717, 1.165) is 0 Å². The zero-order chi connectivity index (χ0) is 11.4. The molecule has 5 nitrogen and oxygen atoms in total. The summed E-state index contributed by atoms with van der Waals surface area (Å²) in [6, 6.07) is -1.06. The molecule has 0 fully saturated rings. The Labute approximate surface area is 84.6 Å². The molecule has 0 amide bonds. The smallest absolute Gasteiger partial charge is 0.321 e. The number of carboxylic acid groups (broad SMARTS) is 1. The Balaban J connectivity index is 4.15. The summed E-state index contributed by atoms with van der Waals surface area (Å²) in [5.41, 5.74) is 0. The first-order chi connectivity index (χ1) is 6.24. The number of sulfonamides is 1. The van der Waals surface area contributed by atoms with Gasteiger partial charge in [0.05, 0.1) is 5.75 Å². The van der Waals surface area contributed by atoms with Crippen molar-refractivity contribution in [3.05, 3.63) is 0 Å². The van der Waals surface area contributed by atoms with E-state index in [1.807, 2.05) is 13.8 Å². The normalized spacial score (nSPS) is 14.3. The third-order valence-electron chi connectivity index (χ3n) is 1.69. The Kier molecular flexibility index (Phi) is 5.07. The van der Waals surface area contributed by atoms with Crippen molar-refractivity contribution in [3.63, 3.8) is 0 Å². The molecule has 0 aromatic heterocycles. The molecule has 0 saturated carbocycles. The lowest BCUT2D eigenvalue weighted by Gasteiger charge is -2.10. The maximum Gasteiger partial charge on any atom is 0.321 e. The predicted molar refractivity (Wildman–Crippen MR) is 53.5 cm³/mol. The van der Waals surface area contributed by atoms with Crippen LogP contribution in [0.3, 0.4) is 0 Å². The molecule has 0 radical (unpaired) electrons. The van der Waals surface area contributed by atoms with Crippen molar-refractivity contribution in [2.45, 2.75) is 33.2 Å². The molecule has 14 heavy (non-hydrogen) atoms. The summed E-state index contributed by atoms with van der Waals surface area (Å²) in [6.07, 6.45) is 0.529. The number of hydrogen-bond acceptors (Lipinski definition) is 3. The number of carbonyl (C=O) groups is 1. The van der Waals surface area contributed by atoms with Gasteiger partial charge in [-0.15, -0.1) is 0 Å². The fourth-order valence-corrected chi connectivity index (χ4v) is 2.31. The lowest BCUT2D eigenvalue weighted by Crippen LogP contribution is -2.39. The molecule has 0 heterocycles. The van der Waals surface area contributed by atoms with Crippen LogP contribution in [0.4, 0.5) is 0 Å². The van der Waals surface area contributed by atoms with Crippen LogP contribution in [0.2, 0.25) is 0 Å². The van der Waals surface area contributed by atoms with E-state index in [4.69, 9.17) is 5.11 Å². The minimum absolute atomic E-state index is 0.0255. The quantitative estimate of drug-likeness (QED) is 0.683. The topological polar surface area (TPSA) is 83.5 Å². The van der Waals surface area contributed by atoms with E-state index in [1.165, 1.54) is 6.92 Å². The van der Waals surface area contributed by atoms with Gasteiger partial charge in [0.1, 0.15) is 6.04 Å². The molecular formula is C8H17NO4S. The Morgan fingerprint density at radius 3 is 2.21 bits per heavy atom. The number of nitrogens with one attached hydrogen (secondary N) is 1. The first kappa shape index (κ1) is 13.4. The fourth-order valence-electron chi connectivity index (χ4n) is 0.770. The van der Waals surface area contributed by atoms with Crippen molar-refractivity contribution in [1.29, 1.82) is 0 Å². The van der Waals surface area contributed by atoms with E-state index in [2.05, 4.69) is 4.72 Å². The summed E-state index contributed by atoms with van der Waals surface area (Å²) < 4.78 is 24.6. The maximum atomic E-state index is 11.3. The van der Waals surface area contributed by atoms with Gasteiger partial charge in [0.2, 0.25) is 10.0 Å². The minimum atomic E-state index is -3.45. The standard InChI is InChI=1S/C8H17NO4S/c1-6(2)4-5-14(12,13)9-7(3)8(10)11/h6-7,9H,4-5H2,1-3H3,(H,10,11). The summed E-state index contributed by atoms with van der Waals surface area (Å²) in [4.78, 5) is 10.4. The first-order valence-electron chi connectivity index (χ1n) is 4.47. The number of aliphatic carboxylic acids is 1. The lowest BCUT2D eigenvalue weighted by atomic mass is 10.2. The lowest BCUT2D eigenvalue weighted by molar-refractivity contribution is -0.138. The molecular weight excluding hydrogens is 206 g/mol. The van der Waals surface area contributed by atoms with Crippen LogP contribution in [0.1, 0.15) is 27.2 Å². The van der Waals surface area contributed by atoms with Gasteiger partial charge in [-0.3, -0.25) is 4.79 Å². The SMILES string of the molecule is CC(C)CCS(=O)(=O)NC(C)C(=O)O. The van der Waals surface area contributed by atoms with Gasteiger partial charge in [0.25, 0.3) is 0 Å². The number of carboxylic acids is 1. The van der Waals surface area contributed by atoms with Gasteiger partial charge in [-0.05, 0) is 19.3 Å². The Morgan fingerprint density at radius 2 is 1.86 bits per heavy atom. The summed E-state index contributed by atoms with van der Waals surface area (Å²) in [5, 5.41) is 8.50. The van der Waals surface area contributed by atoms with Crippen molar-refractivity contribution in [2.24, 2.45) is 5.92 Å². The minimum Gasteiger partial charge on any atom is -0.480 e. The van der Waals surface area contributed by atoms with Gasteiger partial charge in [0, 0.05) is 0 Å². The number of rotatable bonds is 6. The molecule has 0 bridgehead atoms. The van der Waals surface area contributed by atoms with Gasteiger partial charge >= 0.3 is 5.97 Å². The fraction of sp³-hybridized carbons (Fsp3) is 0.875. The van der Waals surface area contributed by atoms with Crippen molar-refractivity contribution < 1.29 is 18.3 Å². The van der Waals surface area contributed by atoms with Crippen LogP contribution in [0, 0.1) is 5.92 Å². The van der Waals surface area contributed by atoms with Gasteiger partial charge in [-0.2, -0.15) is 0 Å². The summed E-state index contributed by atoms with van der Waals surface area (Å²) in [5.74, 6) is -0.910. The van der Waals surface area contributed by atoms with Crippen molar-refractivity contribution in [3.8, 4) is 0 Å². The molecule has 0 aromatic rings. The second-order valence-corrected chi connectivity index (χ2v) is 5.55. The summed E-state index contributed by atoms with van der Waals surface area (Å²) in [6.45, 7) is 5.13. The van der Waals surface area contributed by atoms with Gasteiger partial charge < -0.3 is 5.11 Å². The van der Waals surface area contributed by atoms with E-state index >= 15 is 0 Å². The average Bonchev–Trinajstić information content (AvgIpc) is 2.00. The monoisotopic (exact) mass is 223 g/mol. The molecule has 0 rings (SSSR count). The van der Waals surface area contributed by atoms with Gasteiger partial charge in [-0.1, -0.05) is 13.8 Å². The molecule has 84 valence electrons. The zero-order valence-electron chi connectivity index (χ0n) is 8.65. The Hall–Kier alpha value is -0.620. The molecule has 0 saturated heterocycles. The van der Waals surface area contributed by atoms with E-state index in [9.17, 15) is 13.2 Å². The van der Waals surface area contributed by atoms with Crippen LogP contribution in [-0.4, -0.2) is 31.3 Å². The highest BCUT2D eigenvalue weighted by molar-refractivity contribution is 7.89. The van der Waals surface area contributed by atoms with E-state index < -0.39 is 22.0 Å². The molecule has 1 unspecified atom stereocenters. The molecule has 0 aliphatic carbocycles. The maximum absolute atomic E-state index is 11.3. The van der Waals surface area contributed by atoms with E-state index in [-0.39, 0.29) is 11.7 Å². The molecule has 0 aliphatic heterocycles. The molecule has 2 N–H and O–H groups in total. The highest BCUT2D eigenvalue weighted by Crippen LogP contribution is 2.02. The van der Waals surface area contributed by atoms with Crippen LogP contribution in [-0.2, 0) is 14.8 Å². The van der Waals surface area contributed by atoms with Crippen LogP contribution in [0.15, 0.2) is 0 Å². The average molecular weight is 223 g/mol. The van der Waals surface area contributed by atoms with Crippen LogP contribution in [0.25, 0.3) is 0 Å². The molecule has 0 aliphatic rings. The van der Waals surface area contributed by atoms with Gasteiger partial charge in [0.15, 0.2) is 0 Å². The highest BCUT2D eigenvalue weighted by Gasteiger charge is 2.19. The second kappa shape index (κ2) is 5.31. The zero-order valence-corrected chi connectivity index (χ0v) is 9.47. The molecule has 0 spiro atoms. The van der Waals surface area contributed by atoms with Crippen LogP contribution >= 0.6 is 0 Å². The summed E-state index contributed by atoms with van der Waals surface area (Å²) in [7, 11) is -3.45.